The molecule has 0 saturated heterocycles. The highest BCUT2D eigenvalue weighted by Crippen LogP contribution is 2.30. The largest absolute Gasteiger partial charge is 0.493 e. The maximum absolute atomic E-state index is 11.0. The lowest BCUT2D eigenvalue weighted by Gasteiger charge is -2.12. The summed E-state index contributed by atoms with van der Waals surface area (Å²) < 4.78 is 10.9. The summed E-state index contributed by atoms with van der Waals surface area (Å²) in [6.07, 6.45) is 0.767. The SMILES string of the molecule is BrCc1ccccc1.COc1cccc(C=O)c1OCc1ccccc1. The van der Waals surface area contributed by atoms with Crippen LogP contribution in [0.25, 0.3) is 0 Å². The zero-order chi connectivity index (χ0) is 18.6. The van der Waals surface area contributed by atoms with Gasteiger partial charge in [-0.15, -0.1) is 0 Å². The number of carbonyl (C=O) groups excluding carboxylic acids is 1. The van der Waals surface area contributed by atoms with E-state index in [0.29, 0.717) is 23.7 Å². The first kappa shape index (κ1) is 19.7. The molecule has 0 N–H and O–H groups in total. The lowest BCUT2D eigenvalue weighted by Crippen LogP contribution is -2.00. The van der Waals surface area contributed by atoms with E-state index in [1.54, 1.807) is 25.3 Å². The van der Waals surface area contributed by atoms with Gasteiger partial charge in [-0.2, -0.15) is 0 Å². The van der Waals surface area contributed by atoms with Crippen LogP contribution in [0.1, 0.15) is 21.5 Å². The molecule has 0 aromatic heterocycles. The fraction of sp³-hybridized carbons (Fsp3) is 0.136. The van der Waals surface area contributed by atoms with Gasteiger partial charge in [-0.25, -0.2) is 0 Å². The van der Waals surface area contributed by atoms with Crippen LogP contribution in [0, 0.1) is 0 Å². The van der Waals surface area contributed by atoms with Gasteiger partial charge in [0, 0.05) is 5.33 Å². The maximum atomic E-state index is 11.0. The fourth-order valence-corrected chi connectivity index (χ4v) is 2.61. The van der Waals surface area contributed by atoms with Crippen LogP contribution >= 0.6 is 15.9 Å². The van der Waals surface area contributed by atoms with Crippen LogP contribution in [0.4, 0.5) is 0 Å². The number of methoxy groups -OCH3 is 1. The van der Waals surface area contributed by atoms with Gasteiger partial charge < -0.3 is 9.47 Å². The average Bonchev–Trinajstić information content (AvgIpc) is 2.73. The standard InChI is InChI=1S/C15H14O3.C7H7Br/c1-17-14-9-5-8-13(10-16)15(14)18-11-12-6-3-2-4-7-12;8-6-7-4-2-1-3-5-7/h2-10H,11H2,1H3;1-5H,6H2. The Kier molecular flexibility index (Phi) is 8.43. The van der Waals surface area contributed by atoms with Gasteiger partial charge in [-0.1, -0.05) is 82.7 Å². The second-order valence-electron chi connectivity index (χ2n) is 5.39. The zero-order valence-corrected chi connectivity index (χ0v) is 16.2. The molecule has 0 heterocycles. The molecule has 26 heavy (non-hydrogen) atoms. The second-order valence-corrected chi connectivity index (χ2v) is 5.95. The molecule has 0 aliphatic heterocycles. The minimum Gasteiger partial charge on any atom is -0.493 e. The van der Waals surface area contributed by atoms with E-state index in [1.165, 1.54) is 5.56 Å². The molecule has 3 nitrogen and oxygen atoms in total. The monoisotopic (exact) mass is 412 g/mol. The molecular weight excluding hydrogens is 392 g/mol. The van der Waals surface area contributed by atoms with E-state index < -0.39 is 0 Å². The van der Waals surface area contributed by atoms with Crippen LogP contribution in [0.15, 0.2) is 78.9 Å². The number of halogens is 1. The molecule has 0 amide bonds. The lowest BCUT2D eigenvalue weighted by atomic mass is 10.2. The highest BCUT2D eigenvalue weighted by Gasteiger charge is 2.09. The summed E-state index contributed by atoms with van der Waals surface area (Å²) in [6.45, 7) is 0.405. The van der Waals surface area contributed by atoms with Crippen molar-refractivity contribution in [1.82, 2.24) is 0 Å². The Morgan fingerprint density at radius 3 is 1.96 bits per heavy atom. The number of rotatable bonds is 6. The molecule has 0 radical (unpaired) electrons. The van der Waals surface area contributed by atoms with Crippen LogP contribution in [-0.4, -0.2) is 13.4 Å². The molecule has 0 saturated carbocycles. The van der Waals surface area contributed by atoms with Gasteiger partial charge >= 0.3 is 0 Å². The summed E-state index contributed by atoms with van der Waals surface area (Å²) in [5.41, 5.74) is 2.86. The zero-order valence-electron chi connectivity index (χ0n) is 14.6. The topological polar surface area (TPSA) is 35.5 Å². The van der Waals surface area contributed by atoms with Crippen molar-refractivity contribution in [3.63, 3.8) is 0 Å². The third-order valence-electron chi connectivity index (χ3n) is 3.58. The average molecular weight is 413 g/mol. The predicted octanol–water partition coefficient (Wildman–Crippen LogP) is 5.67. The van der Waals surface area contributed by atoms with Crippen molar-refractivity contribution >= 4 is 22.2 Å². The van der Waals surface area contributed by atoms with Crippen LogP contribution in [0.5, 0.6) is 11.5 Å². The summed E-state index contributed by atoms with van der Waals surface area (Å²) >= 11 is 3.36. The molecule has 134 valence electrons. The normalized spacial score (nSPS) is 9.62. The third-order valence-corrected chi connectivity index (χ3v) is 4.23. The molecule has 0 spiro atoms. The van der Waals surface area contributed by atoms with Crippen molar-refractivity contribution < 1.29 is 14.3 Å². The van der Waals surface area contributed by atoms with Gasteiger partial charge in [0.25, 0.3) is 0 Å². The summed E-state index contributed by atoms with van der Waals surface area (Å²) in [5, 5.41) is 0.952. The van der Waals surface area contributed by atoms with E-state index >= 15 is 0 Å². The van der Waals surface area contributed by atoms with Crippen LogP contribution in [-0.2, 0) is 11.9 Å². The van der Waals surface area contributed by atoms with Crippen LogP contribution < -0.4 is 9.47 Å². The molecule has 3 aromatic rings. The van der Waals surface area contributed by atoms with Gasteiger partial charge in [-0.3, -0.25) is 4.79 Å². The molecule has 0 atom stereocenters. The molecule has 4 heteroatoms. The van der Waals surface area contributed by atoms with Crippen molar-refractivity contribution in [2.75, 3.05) is 7.11 Å². The molecule has 0 aliphatic carbocycles. The number of carbonyl (C=O) groups is 1. The number of para-hydroxylation sites is 1. The first-order chi connectivity index (χ1) is 12.8. The summed E-state index contributed by atoms with van der Waals surface area (Å²) in [4.78, 5) is 11.0. The fourth-order valence-electron chi connectivity index (χ4n) is 2.24. The van der Waals surface area contributed by atoms with E-state index in [0.717, 1.165) is 17.2 Å². The van der Waals surface area contributed by atoms with Crippen LogP contribution in [0.3, 0.4) is 0 Å². The van der Waals surface area contributed by atoms with Gasteiger partial charge in [0.1, 0.15) is 6.61 Å². The molecular formula is C22H21BrO3. The molecule has 0 bridgehead atoms. The summed E-state index contributed by atoms with van der Waals surface area (Å²) in [5.74, 6) is 1.05. The third kappa shape index (κ3) is 6.05. The Balaban J connectivity index is 0.000000254. The van der Waals surface area contributed by atoms with E-state index in [4.69, 9.17) is 9.47 Å². The van der Waals surface area contributed by atoms with Crippen molar-refractivity contribution in [3.8, 4) is 11.5 Å². The van der Waals surface area contributed by atoms with Gasteiger partial charge in [0.05, 0.1) is 12.7 Å². The number of hydrogen-bond acceptors (Lipinski definition) is 3. The lowest BCUT2D eigenvalue weighted by molar-refractivity contribution is 0.111. The smallest absolute Gasteiger partial charge is 0.172 e. The van der Waals surface area contributed by atoms with E-state index in [-0.39, 0.29) is 0 Å². The highest BCUT2D eigenvalue weighted by atomic mass is 79.9. The van der Waals surface area contributed by atoms with Crippen molar-refractivity contribution in [2.24, 2.45) is 0 Å². The van der Waals surface area contributed by atoms with E-state index in [2.05, 4.69) is 28.1 Å². The Morgan fingerprint density at radius 1 is 0.846 bits per heavy atom. The Bertz CT molecular complexity index is 789. The quantitative estimate of drug-likeness (QED) is 0.386. The maximum Gasteiger partial charge on any atom is 0.172 e. The molecule has 3 aromatic carbocycles. The number of aldehydes is 1. The number of ether oxygens (including phenoxy) is 2. The Hall–Kier alpha value is -2.59. The molecule has 3 rings (SSSR count). The second kappa shape index (κ2) is 11.1. The van der Waals surface area contributed by atoms with Gasteiger partial charge in [-0.05, 0) is 23.3 Å². The van der Waals surface area contributed by atoms with Crippen molar-refractivity contribution in [2.45, 2.75) is 11.9 Å². The van der Waals surface area contributed by atoms with Crippen molar-refractivity contribution in [1.29, 1.82) is 0 Å². The molecule has 0 fully saturated rings. The predicted molar refractivity (Wildman–Crippen MR) is 108 cm³/mol. The number of alkyl halides is 1. The Morgan fingerprint density at radius 2 is 1.46 bits per heavy atom. The number of benzene rings is 3. The highest BCUT2D eigenvalue weighted by molar-refractivity contribution is 9.08. The Labute approximate surface area is 162 Å². The molecule has 0 aliphatic rings. The summed E-state index contributed by atoms with van der Waals surface area (Å²) in [7, 11) is 1.55. The number of hydrogen-bond donors (Lipinski definition) is 0. The first-order valence-electron chi connectivity index (χ1n) is 8.17. The van der Waals surface area contributed by atoms with E-state index in [9.17, 15) is 4.79 Å². The van der Waals surface area contributed by atoms with Gasteiger partial charge in [0.15, 0.2) is 17.8 Å². The minimum atomic E-state index is 0.405. The molecule has 0 unspecified atom stereocenters. The minimum absolute atomic E-state index is 0.405. The van der Waals surface area contributed by atoms with E-state index in [1.807, 2.05) is 48.5 Å². The van der Waals surface area contributed by atoms with Crippen LogP contribution in [0.2, 0.25) is 0 Å². The van der Waals surface area contributed by atoms with Crippen molar-refractivity contribution in [3.05, 3.63) is 95.6 Å². The summed E-state index contributed by atoms with van der Waals surface area (Å²) in [6, 6.07) is 25.3. The van der Waals surface area contributed by atoms with Gasteiger partial charge in [0.2, 0.25) is 0 Å². The first-order valence-corrected chi connectivity index (χ1v) is 9.29.